The molecule has 1 saturated heterocycles. The van der Waals surface area contributed by atoms with Gasteiger partial charge in [-0.3, -0.25) is 9.59 Å². The van der Waals surface area contributed by atoms with E-state index >= 15 is 0 Å². The number of likely N-dealkylation sites (tertiary alicyclic amines) is 1. The zero-order valence-electron chi connectivity index (χ0n) is 12.5. The van der Waals surface area contributed by atoms with Gasteiger partial charge in [-0.1, -0.05) is 12.1 Å². The summed E-state index contributed by atoms with van der Waals surface area (Å²) in [5, 5.41) is 9.08. The number of carbonyl (C=O) groups is 2. The van der Waals surface area contributed by atoms with E-state index in [4.69, 9.17) is 9.84 Å². The number of halogens is 1. The first kappa shape index (κ1) is 16.3. The van der Waals surface area contributed by atoms with Gasteiger partial charge in [0.25, 0.3) is 0 Å². The van der Waals surface area contributed by atoms with Gasteiger partial charge in [0.1, 0.15) is 0 Å². The molecule has 2 unspecified atom stereocenters. The molecule has 0 radical (unpaired) electrons. The number of carboxylic acid groups (broad SMARTS) is 1. The van der Waals surface area contributed by atoms with E-state index in [-0.39, 0.29) is 37.3 Å². The highest BCUT2D eigenvalue weighted by Gasteiger charge is 2.32. The van der Waals surface area contributed by atoms with Crippen molar-refractivity contribution in [3.05, 3.63) is 30.1 Å². The summed E-state index contributed by atoms with van der Waals surface area (Å²) in [6.07, 6.45) is 1.37. The quantitative estimate of drug-likeness (QED) is 0.906. The highest BCUT2D eigenvalue weighted by atomic mass is 19.1. The third-order valence-corrected chi connectivity index (χ3v) is 3.96. The molecule has 1 fully saturated rings. The largest absolute Gasteiger partial charge is 0.490 e. The fraction of sp³-hybridized carbons (Fsp3) is 0.500. The molecular weight excluding hydrogens is 289 g/mol. The number of nitrogens with zero attached hydrogens (tertiary/aromatic N) is 1. The average molecular weight is 309 g/mol. The second kappa shape index (κ2) is 7.24. The minimum absolute atomic E-state index is 0.0246. The van der Waals surface area contributed by atoms with Crippen LogP contribution in [0.4, 0.5) is 4.39 Å². The summed E-state index contributed by atoms with van der Waals surface area (Å²) in [4.78, 5) is 24.9. The summed E-state index contributed by atoms with van der Waals surface area (Å²) in [5.74, 6) is -1.88. The second-order valence-electron chi connectivity index (χ2n) is 5.54. The maximum absolute atomic E-state index is 13.4. The predicted molar refractivity (Wildman–Crippen MR) is 78.0 cm³/mol. The highest BCUT2D eigenvalue weighted by molar-refractivity contribution is 5.78. The van der Waals surface area contributed by atoms with Gasteiger partial charge in [-0.05, 0) is 31.9 Å². The lowest BCUT2D eigenvalue weighted by atomic mass is 9.93. The Labute approximate surface area is 128 Å². The van der Waals surface area contributed by atoms with Crippen LogP contribution in [0.2, 0.25) is 0 Å². The van der Waals surface area contributed by atoms with Gasteiger partial charge in [0, 0.05) is 12.6 Å². The number of amides is 1. The van der Waals surface area contributed by atoms with Crippen molar-refractivity contribution in [1.82, 2.24) is 4.90 Å². The van der Waals surface area contributed by atoms with Crippen molar-refractivity contribution in [1.29, 1.82) is 0 Å². The third-order valence-electron chi connectivity index (χ3n) is 3.96. The third kappa shape index (κ3) is 3.96. The van der Waals surface area contributed by atoms with E-state index in [1.54, 1.807) is 17.0 Å². The predicted octanol–water partition coefficient (Wildman–Crippen LogP) is 2.31. The van der Waals surface area contributed by atoms with Crippen molar-refractivity contribution in [2.24, 2.45) is 5.92 Å². The Balaban J connectivity index is 1.86. The summed E-state index contributed by atoms with van der Waals surface area (Å²) < 4.78 is 18.7. The summed E-state index contributed by atoms with van der Waals surface area (Å²) in [6, 6.07) is 6.04. The van der Waals surface area contributed by atoms with Crippen molar-refractivity contribution < 1.29 is 23.8 Å². The number of rotatable bonds is 5. The van der Waals surface area contributed by atoms with Gasteiger partial charge in [0.2, 0.25) is 5.91 Å². The maximum Gasteiger partial charge on any atom is 0.308 e. The number of carboxylic acids is 1. The van der Waals surface area contributed by atoms with Crippen molar-refractivity contribution in [3.8, 4) is 5.75 Å². The van der Waals surface area contributed by atoms with Crippen LogP contribution in [0.5, 0.6) is 5.75 Å². The normalized spacial score (nSPS) is 21.5. The lowest BCUT2D eigenvalue weighted by Crippen LogP contribution is -2.47. The monoisotopic (exact) mass is 309 g/mol. The Bertz CT molecular complexity index is 549. The van der Waals surface area contributed by atoms with Crippen LogP contribution in [0, 0.1) is 11.7 Å². The smallest absolute Gasteiger partial charge is 0.308 e. The molecule has 1 aromatic carbocycles. The molecule has 22 heavy (non-hydrogen) atoms. The van der Waals surface area contributed by atoms with Crippen LogP contribution in [0.15, 0.2) is 24.3 Å². The summed E-state index contributed by atoms with van der Waals surface area (Å²) in [5.41, 5.74) is 0. The minimum atomic E-state index is -0.868. The SMILES string of the molecule is CC1CCC(C(=O)O)CN1C(=O)CCOc1ccccc1F. The van der Waals surface area contributed by atoms with E-state index in [9.17, 15) is 14.0 Å². The summed E-state index contributed by atoms with van der Waals surface area (Å²) in [6.45, 7) is 2.21. The Hall–Kier alpha value is -2.11. The number of piperidine rings is 1. The van der Waals surface area contributed by atoms with Crippen molar-refractivity contribution in [2.75, 3.05) is 13.2 Å². The molecule has 1 N–H and O–H groups in total. The number of hydrogen-bond donors (Lipinski definition) is 1. The van der Waals surface area contributed by atoms with E-state index in [2.05, 4.69) is 0 Å². The molecule has 120 valence electrons. The number of aliphatic carboxylic acids is 1. The van der Waals surface area contributed by atoms with Gasteiger partial charge in [0.15, 0.2) is 11.6 Å². The topological polar surface area (TPSA) is 66.8 Å². The Morgan fingerprint density at radius 2 is 2.09 bits per heavy atom. The number of carbonyl (C=O) groups excluding carboxylic acids is 1. The fourth-order valence-corrected chi connectivity index (χ4v) is 2.61. The average Bonchev–Trinajstić information content (AvgIpc) is 2.49. The number of para-hydroxylation sites is 1. The lowest BCUT2D eigenvalue weighted by molar-refractivity contribution is -0.147. The lowest BCUT2D eigenvalue weighted by Gasteiger charge is -2.36. The van der Waals surface area contributed by atoms with Crippen molar-refractivity contribution >= 4 is 11.9 Å². The Morgan fingerprint density at radius 3 is 2.77 bits per heavy atom. The number of benzene rings is 1. The van der Waals surface area contributed by atoms with Gasteiger partial charge in [0.05, 0.1) is 18.9 Å². The molecule has 2 atom stereocenters. The van der Waals surface area contributed by atoms with Crippen molar-refractivity contribution in [3.63, 3.8) is 0 Å². The standard InChI is InChI=1S/C16H20FNO4/c1-11-6-7-12(16(20)21)10-18(11)15(19)8-9-22-14-5-3-2-4-13(14)17/h2-5,11-12H,6-10H2,1H3,(H,20,21). The molecule has 6 heteroatoms. The van der Waals surface area contributed by atoms with E-state index in [0.717, 1.165) is 0 Å². The van der Waals surface area contributed by atoms with E-state index in [0.29, 0.717) is 12.8 Å². The molecule has 1 aromatic rings. The molecule has 0 saturated carbocycles. The number of ether oxygens (including phenoxy) is 1. The Kier molecular flexibility index (Phi) is 5.35. The maximum atomic E-state index is 13.4. The first-order chi connectivity index (χ1) is 10.5. The van der Waals surface area contributed by atoms with Crippen LogP contribution in [0.25, 0.3) is 0 Å². The second-order valence-corrected chi connectivity index (χ2v) is 5.54. The molecule has 0 bridgehead atoms. The van der Waals surface area contributed by atoms with Gasteiger partial charge in [-0.2, -0.15) is 0 Å². The first-order valence-electron chi connectivity index (χ1n) is 7.38. The van der Waals surface area contributed by atoms with Gasteiger partial charge in [-0.15, -0.1) is 0 Å². The minimum Gasteiger partial charge on any atom is -0.490 e. The van der Waals surface area contributed by atoms with Gasteiger partial charge in [-0.25, -0.2) is 4.39 Å². The van der Waals surface area contributed by atoms with E-state index < -0.39 is 17.7 Å². The van der Waals surface area contributed by atoms with E-state index in [1.807, 2.05) is 6.92 Å². The van der Waals surface area contributed by atoms with Crippen LogP contribution in [-0.2, 0) is 9.59 Å². The fourth-order valence-electron chi connectivity index (χ4n) is 2.61. The van der Waals surface area contributed by atoms with Gasteiger partial charge < -0.3 is 14.7 Å². The van der Waals surface area contributed by atoms with Crippen LogP contribution < -0.4 is 4.74 Å². The molecular formula is C16H20FNO4. The Morgan fingerprint density at radius 1 is 1.36 bits per heavy atom. The van der Waals surface area contributed by atoms with Crippen molar-refractivity contribution in [2.45, 2.75) is 32.2 Å². The molecule has 2 rings (SSSR count). The van der Waals surface area contributed by atoms with Crippen LogP contribution in [0.3, 0.4) is 0 Å². The van der Waals surface area contributed by atoms with Crippen LogP contribution in [0.1, 0.15) is 26.2 Å². The van der Waals surface area contributed by atoms with Crippen LogP contribution >= 0.6 is 0 Å². The molecule has 1 heterocycles. The molecule has 0 aromatic heterocycles. The molecule has 0 aliphatic carbocycles. The van der Waals surface area contributed by atoms with Gasteiger partial charge >= 0.3 is 5.97 Å². The zero-order chi connectivity index (χ0) is 16.1. The molecule has 1 aliphatic heterocycles. The van der Waals surface area contributed by atoms with E-state index in [1.165, 1.54) is 12.1 Å². The first-order valence-corrected chi connectivity index (χ1v) is 7.38. The highest BCUT2D eigenvalue weighted by Crippen LogP contribution is 2.23. The zero-order valence-corrected chi connectivity index (χ0v) is 12.5. The summed E-state index contributed by atoms with van der Waals surface area (Å²) in [7, 11) is 0. The molecule has 5 nitrogen and oxygen atoms in total. The van der Waals surface area contributed by atoms with Crippen LogP contribution in [-0.4, -0.2) is 41.1 Å². The number of hydrogen-bond acceptors (Lipinski definition) is 3. The molecule has 0 spiro atoms. The molecule has 1 aliphatic rings. The summed E-state index contributed by atoms with van der Waals surface area (Å²) >= 11 is 0. The molecule has 1 amide bonds.